The first kappa shape index (κ1) is 11.1. The summed E-state index contributed by atoms with van der Waals surface area (Å²) >= 11 is 0. The van der Waals surface area contributed by atoms with Crippen LogP contribution in [0.2, 0.25) is 0 Å². The Kier molecular flexibility index (Phi) is 2.95. The third-order valence-corrected chi connectivity index (χ3v) is 4.94. The molecule has 0 radical (unpaired) electrons. The minimum atomic E-state index is -2.78. The molecule has 2 heterocycles. The number of carbonyl (C=O) groups excluding carboxylic acids is 1. The van der Waals surface area contributed by atoms with Crippen molar-refractivity contribution < 1.29 is 27.6 Å². The summed E-state index contributed by atoms with van der Waals surface area (Å²) < 4.78 is 54.2. The fraction of sp³-hybridized carbons (Fsp3) is 0.632. The highest BCUT2D eigenvalue weighted by Crippen LogP contribution is 2.42. The molecule has 132 valence electrons. The van der Waals surface area contributed by atoms with Gasteiger partial charge in [0.05, 0.1) is 27.9 Å². The van der Waals surface area contributed by atoms with Gasteiger partial charge in [-0.3, -0.25) is 9.69 Å². The van der Waals surface area contributed by atoms with Gasteiger partial charge in [0.2, 0.25) is 0 Å². The highest BCUT2D eigenvalue weighted by molar-refractivity contribution is 5.83. The molecule has 0 amide bonds. The number of ether oxygens (including phenoxy) is 2. The molecule has 5 nitrogen and oxygen atoms in total. The molecule has 1 N–H and O–H groups in total. The second-order valence-electron chi connectivity index (χ2n) is 7.35. The molecule has 0 bridgehead atoms. The van der Waals surface area contributed by atoms with Gasteiger partial charge in [0.1, 0.15) is 5.78 Å². The van der Waals surface area contributed by atoms with E-state index >= 15 is 0 Å². The zero-order valence-corrected chi connectivity index (χ0v) is 14.0. The zero-order chi connectivity index (χ0) is 22.5. The van der Waals surface area contributed by atoms with Crippen LogP contribution in [0.15, 0.2) is 12.1 Å². The lowest BCUT2D eigenvalue weighted by molar-refractivity contribution is -0.131. The number of piperidine rings is 1. The van der Waals surface area contributed by atoms with E-state index < -0.39 is 19.7 Å². The number of rotatable bonds is 4. The van der Waals surface area contributed by atoms with E-state index in [1.54, 1.807) is 13.8 Å². The molecular formula is C19H27NO4. The number of fused-ring (bicyclic) bond motifs is 3. The number of hydrogen-bond donors (Lipinski definition) is 1. The number of benzene rings is 1. The van der Waals surface area contributed by atoms with Gasteiger partial charge in [-0.25, -0.2) is 0 Å². The predicted octanol–water partition coefficient (Wildman–Crippen LogP) is 2.35. The molecule has 24 heavy (non-hydrogen) atoms. The quantitative estimate of drug-likeness (QED) is 0.912. The third kappa shape index (κ3) is 3.28. The fourth-order valence-corrected chi connectivity index (χ4v) is 3.90. The Hall–Kier alpha value is -1.59. The van der Waals surface area contributed by atoms with E-state index in [0.717, 1.165) is 11.1 Å². The third-order valence-electron chi connectivity index (χ3n) is 4.94. The summed E-state index contributed by atoms with van der Waals surface area (Å²) in [5.74, 6) is -0.551. The van der Waals surface area contributed by atoms with Crippen molar-refractivity contribution in [2.24, 2.45) is 5.92 Å². The highest BCUT2D eigenvalue weighted by Gasteiger charge is 2.40. The Morgan fingerprint density at radius 3 is 2.71 bits per heavy atom. The van der Waals surface area contributed by atoms with Gasteiger partial charge in [-0.1, -0.05) is 0 Å². The Morgan fingerprint density at radius 2 is 2.04 bits per heavy atom. The Morgan fingerprint density at radius 1 is 1.33 bits per heavy atom. The number of carbonyl (C=O) groups is 1. The summed E-state index contributed by atoms with van der Waals surface area (Å²) in [5, 5.41) is 10.1. The molecule has 1 fully saturated rings. The zero-order valence-electron chi connectivity index (χ0n) is 20.0. The summed E-state index contributed by atoms with van der Waals surface area (Å²) in [4.78, 5) is 14.9. The summed E-state index contributed by atoms with van der Waals surface area (Å²) in [6, 6.07) is 2.75. The number of aliphatic hydroxyl groups is 1. The number of hydrogen-bond acceptors (Lipinski definition) is 5. The predicted molar refractivity (Wildman–Crippen MR) is 91.6 cm³/mol. The van der Waals surface area contributed by atoms with Crippen LogP contribution in [-0.2, 0) is 11.2 Å². The molecule has 2 aliphatic heterocycles. The van der Waals surface area contributed by atoms with Gasteiger partial charge in [-0.15, -0.1) is 0 Å². The number of methoxy groups -OCH3 is 2. The second kappa shape index (κ2) is 6.37. The van der Waals surface area contributed by atoms with E-state index in [9.17, 15) is 9.90 Å². The summed E-state index contributed by atoms with van der Waals surface area (Å²) in [5.41, 5.74) is 0.610. The molecule has 2 atom stereocenters. The van der Waals surface area contributed by atoms with Crippen molar-refractivity contribution in [3.05, 3.63) is 23.3 Å². The molecule has 3 rings (SSSR count). The first-order valence-electron chi connectivity index (χ1n) is 11.2. The van der Waals surface area contributed by atoms with E-state index in [0.29, 0.717) is 25.9 Å². The van der Waals surface area contributed by atoms with E-state index in [1.807, 2.05) is 0 Å². The fourth-order valence-electron chi connectivity index (χ4n) is 3.90. The summed E-state index contributed by atoms with van der Waals surface area (Å²) in [6.07, 6.45) is 1.21. The monoisotopic (exact) mass is 339 g/mol. The molecular weight excluding hydrogens is 306 g/mol. The highest BCUT2D eigenvalue weighted by atomic mass is 16.5. The maximum absolute atomic E-state index is 12.7. The van der Waals surface area contributed by atoms with Gasteiger partial charge in [0.15, 0.2) is 11.5 Å². The van der Waals surface area contributed by atoms with Crippen LogP contribution in [0.4, 0.5) is 0 Å². The SMILES string of the molecule is [2H]C([2H])([2H])Oc1cc2c(cc1OC([2H])([2H])[2H])[C@H]1CC(=O)[C@H](CC(C)(C)O)CN1CC2. The summed E-state index contributed by atoms with van der Waals surface area (Å²) in [6.45, 7) is 4.54. The smallest absolute Gasteiger partial charge is 0.161 e. The van der Waals surface area contributed by atoms with Crippen LogP contribution in [0.3, 0.4) is 0 Å². The molecule has 0 unspecified atom stereocenters. The van der Waals surface area contributed by atoms with Crippen molar-refractivity contribution >= 4 is 5.78 Å². The lowest BCUT2D eigenvalue weighted by Crippen LogP contribution is -2.47. The summed E-state index contributed by atoms with van der Waals surface area (Å²) in [7, 11) is -5.54. The Labute approximate surface area is 152 Å². The molecule has 5 heteroatoms. The van der Waals surface area contributed by atoms with Crippen molar-refractivity contribution in [1.29, 1.82) is 0 Å². The van der Waals surface area contributed by atoms with E-state index in [-0.39, 0.29) is 35.7 Å². The average Bonchev–Trinajstić information content (AvgIpc) is 2.52. The van der Waals surface area contributed by atoms with Gasteiger partial charge in [0, 0.05) is 31.5 Å². The molecule has 2 aliphatic rings. The second-order valence-corrected chi connectivity index (χ2v) is 7.35. The standard InChI is InChI=1S/C19H27NO4/c1-19(2,22)10-13-11-20-6-5-12-7-17(23-3)18(24-4)8-14(12)15(20)9-16(13)21/h7-8,13,15,22H,5-6,9-11H2,1-4H3/t13-,15-/m1/s1/i3D3,4D3. The molecule has 1 aromatic carbocycles. The first-order valence-corrected chi connectivity index (χ1v) is 8.15. The normalized spacial score (nSPS) is 29.0. The molecule has 0 saturated carbocycles. The van der Waals surface area contributed by atoms with Crippen molar-refractivity contribution in [1.82, 2.24) is 4.90 Å². The van der Waals surface area contributed by atoms with Crippen LogP contribution in [-0.4, -0.2) is 48.6 Å². The van der Waals surface area contributed by atoms with Crippen LogP contribution in [0.5, 0.6) is 11.5 Å². The van der Waals surface area contributed by atoms with Crippen LogP contribution < -0.4 is 9.47 Å². The lowest BCUT2D eigenvalue weighted by atomic mass is 9.79. The maximum Gasteiger partial charge on any atom is 0.161 e. The van der Waals surface area contributed by atoms with Crippen molar-refractivity contribution in [2.75, 3.05) is 27.2 Å². The van der Waals surface area contributed by atoms with Crippen molar-refractivity contribution in [3.63, 3.8) is 0 Å². The Bertz CT molecular complexity index is 815. The first-order chi connectivity index (χ1) is 13.6. The van der Waals surface area contributed by atoms with E-state index in [1.165, 1.54) is 12.1 Å². The van der Waals surface area contributed by atoms with Gasteiger partial charge in [-0.05, 0) is 49.9 Å². The van der Waals surface area contributed by atoms with Crippen LogP contribution in [0, 0.1) is 5.92 Å². The van der Waals surface area contributed by atoms with Gasteiger partial charge in [-0.2, -0.15) is 0 Å². The molecule has 1 aromatic rings. The van der Waals surface area contributed by atoms with Gasteiger partial charge < -0.3 is 14.6 Å². The number of ketones is 1. The minimum absolute atomic E-state index is 0.0485. The van der Waals surface area contributed by atoms with Crippen LogP contribution in [0.25, 0.3) is 0 Å². The van der Waals surface area contributed by atoms with Crippen LogP contribution >= 0.6 is 0 Å². The number of nitrogens with zero attached hydrogens (tertiary/aromatic N) is 1. The lowest BCUT2D eigenvalue weighted by Gasteiger charge is -2.44. The van der Waals surface area contributed by atoms with E-state index in [4.69, 9.17) is 17.7 Å². The van der Waals surface area contributed by atoms with E-state index in [2.05, 4.69) is 4.90 Å². The van der Waals surface area contributed by atoms with Gasteiger partial charge in [0.25, 0.3) is 0 Å². The topological polar surface area (TPSA) is 59.0 Å². The molecule has 0 spiro atoms. The molecule has 0 aromatic heterocycles. The minimum Gasteiger partial charge on any atom is -0.493 e. The van der Waals surface area contributed by atoms with Gasteiger partial charge >= 0.3 is 0 Å². The largest absolute Gasteiger partial charge is 0.493 e. The Balaban J connectivity index is 1.94. The van der Waals surface area contributed by atoms with Crippen molar-refractivity contribution in [2.45, 2.75) is 44.8 Å². The molecule has 1 saturated heterocycles. The van der Waals surface area contributed by atoms with Crippen molar-refractivity contribution in [3.8, 4) is 11.5 Å². The average molecular weight is 339 g/mol. The van der Waals surface area contributed by atoms with Crippen LogP contribution in [0.1, 0.15) is 52.1 Å². The number of Topliss-reactive ketones (excluding diaryl/α,β-unsaturated/α-hetero) is 1. The maximum atomic E-state index is 12.7. The molecule has 0 aliphatic carbocycles.